The number of fused-ring (bicyclic) bond motifs is 2. The molecular formula is C32H55N11O9S2. The average Bonchev–Trinajstić information content (AvgIpc) is 3.82. The van der Waals surface area contributed by atoms with E-state index in [9.17, 15) is 43.8 Å². The number of amides is 6. The molecule has 20 nitrogen and oxygen atoms in total. The smallest absolute Gasteiger partial charge is 0.327 e. The zero-order valence-electron chi connectivity index (χ0n) is 30.4. The number of aliphatic carboxylic acids is 1. The minimum Gasteiger partial charge on any atom is -0.480 e. The van der Waals surface area contributed by atoms with Gasteiger partial charge >= 0.3 is 5.97 Å². The minimum atomic E-state index is -1.48. The van der Waals surface area contributed by atoms with Crippen LogP contribution in [0.25, 0.3) is 0 Å². The quantitative estimate of drug-likeness (QED) is 0.0440. The first-order valence-corrected chi connectivity index (χ1v) is 20.6. The lowest BCUT2D eigenvalue weighted by Gasteiger charge is -2.34. The molecule has 3 fully saturated rings. The van der Waals surface area contributed by atoms with Crippen molar-refractivity contribution in [1.82, 2.24) is 31.1 Å². The van der Waals surface area contributed by atoms with E-state index >= 15 is 0 Å². The van der Waals surface area contributed by atoms with E-state index in [0.29, 0.717) is 45.1 Å². The van der Waals surface area contributed by atoms with Crippen LogP contribution in [0, 0.1) is 0 Å². The summed E-state index contributed by atoms with van der Waals surface area (Å²) in [5, 5.41) is 30.6. The molecule has 54 heavy (non-hydrogen) atoms. The van der Waals surface area contributed by atoms with Crippen LogP contribution >= 0.6 is 21.6 Å². The van der Waals surface area contributed by atoms with E-state index < -0.39 is 89.8 Å². The summed E-state index contributed by atoms with van der Waals surface area (Å²) >= 11 is 0. The van der Waals surface area contributed by atoms with Crippen LogP contribution in [0.2, 0.25) is 0 Å². The molecule has 3 aliphatic rings. The van der Waals surface area contributed by atoms with Crippen LogP contribution < -0.4 is 44.2 Å². The van der Waals surface area contributed by atoms with Crippen molar-refractivity contribution in [1.29, 1.82) is 0 Å². The van der Waals surface area contributed by atoms with Crippen molar-refractivity contribution >= 4 is 69.0 Å². The van der Waals surface area contributed by atoms with Crippen LogP contribution in [0.1, 0.15) is 64.7 Å². The third-order valence-corrected chi connectivity index (χ3v) is 11.8. The Kier molecular flexibility index (Phi) is 18.0. The lowest BCUT2D eigenvalue weighted by Crippen LogP contribution is -2.60. The van der Waals surface area contributed by atoms with Crippen molar-refractivity contribution in [3.05, 3.63) is 0 Å². The first-order chi connectivity index (χ1) is 25.7. The fourth-order valence-corrected chi connectivity index (χ4v) is 8.74. The number of carboxylic acids is 1. The Bertz CT molecular complexity index is 1390. The Labute approximate surface area is 321 Å². The van der Waals surface area contributed by atoms with Gasteiger partial charge in [-0.2, -0.15) is 0 Å². The highest BCUT2D eigenvalue weighted by Gasteiger charge is 2.44. The molecule has 8 atom stereocenters. The Morgan fingerprint density at radius 2 is 1.43 bits per heavy atom. The van der Waals surface area contributed by atoms with Gasteiger partial charge < -0.3 is 64.2 Å². The summed E-state index contributed by atoms with van der Waals surface area (Å²) in [6.07, 6.45) is 1.67. The number of hydrogen-bond donors (Lipinski definition) is 10. The monoisotopic (exact) mass is 801 g/mol. The van der Waals surface area contributed by atoms with Crippen molar-refractivity contribution in [2.45, 2.75) is 113 Å². The summed E-state index contributed by atoms with van der Waals surface area (Å²) in [5.74, 6) is -5.66. The molecule has 3 saturated heterocycles. The van der Waals surface area contributed by atoms with Crippen LogP contribution in [0.3, 0.4) is 0 Å². The zero-order valence-corrected chi connectivity index (χ0v) is 32.1. The predicted molar refractivity (Wildman–Crippen MR) is 202 cm³/mol. The summed E-state index contributed by atoms with van der Waals surface area (Å²) in [6, 6.07) is -8.28. The molecule has 0 aliphatic carbocycles. The molecule has 304 valence electrons. The summed E-state index contributed by atoms with van der Waals surface area (Å²) < 4.78 is 0. The second-order valence-electron chi connectivity index (χ2n) is 13.5. The van der Waals surface area contributed by atoms with E-state index in [1.807, 2.05) is 0 Å². The van der Waals surface area contributed by atoms with Gasteiger partial charge in [-0.05, 0) is 71.3 Å². The number of nitrogens with zero attached hydrogens (tertiary/aromatic N) is 3. The third-order valence-electron chi connectivity index (χ3n) is 9.38. The molecule has 0 radical (unpaired) electrons. The van der Waals surface area contributed by atoms with E-state index in [0.717, 1.165) is 21.6 Å². The van der Waals surface area contributed by atoms with Crippen LogP contribution in [0.4, 0.5) is 0 Å². The van der Waals surface area contributed by atoms with Gasteiger partial charge in [-0.25, -0.2) is 4.79 Å². The lowest BCUT2D eigenvalue weighted by molar-refractivity contribution is -0.148. The topological polar surface area (TPSA) is 331 Å². The number of guanidine groups is 1. The SMILES string of the molecule is C[C@@H](O)[C@H]1NC(=O)[C@H](N)CSSC[C@@H](C(=O)O)NC(=O)[C@@H](CCCN=C(N)N)NC(=O)[C@@H]2CCCN2C(=O)[C@@H]2CCCN2C(=O)[C@H](CCCCN)NC1=O. The van der Waals surface area contributed by atoms with E-state index in [4.69, 9.17) is 22.9 Å². The number of aliphatic hydroxyl groups excluding tert-OH is 1. The maximum atomic E-state index is 14.1. The number of carboxylic acid groups (broad SMARTS) is 1. The van der Waals surface area contributed by atoms with Crippen molar-refractivity contribution in [2.24, 2.45) is 27.9 Å². The first kappa shape index (κ1) is 44.5. The number of unbranched alkanes of at least 4 members (excludes halogenated alkanes) is 1. The highest BCUT2D eigenvalue weighted by atomic mass is 33.1. The summed E-state index contributed by atoms with van der Waals surface area (Å²) in [7, 11) is 2.08. The molecule has 0 aromatic carbocycles. The summed E-state index contributed by atoms with van der Waals surface area (Å²) in [6.45, 7) is 2.21. The molecule has 0 saturated carbocycles. The average molecular weight is 802 g/mol. The fraction of sp³-hybridized carbons (Fsp3) is 0.750. The number of nitrogens with one attached hydrogen (secondary N) is 4. The van der Waals surface area contributed by atoms with Gasteiger partial charge in [0.2, 0.25) is 35.4 Å². The molecule has 0 aromatic rings. The zero-order chi connectivity index (χ0) is 39.9. The van der Waals surface area contributed by atoms with Crippen LogP contribution in [-0.4, -0.2) is 153 Å². The number of aliphatic imine (C=N–C) groups is 1. The Morgan fingerprint density at radius 1 is 0.815 bits per heavy atom. The molecular weight excluding hydrogens is 747 g/mol. The normalized spacial score (nSPS) is 28.9. The fourth-order valence-electron chi connectivity index (χ4n) is 6.46. The Morgan fingerprint density at radius 3 is 2.06 bits per heavy atom. The van der Waals surface area contributed by atoms with Gasteiger partial charge in [0.25, 0.3) is 0 Å². The number of hydrogen-bond acceptors (Lipinski definition) is 13. The molecule has 0 bridgehead atoms. The predicted octanol–water partition coefficient (Wildman–Crippen LogP) is -3.72. The second kappa shape index (κ2) is 21.9. The lowest BCUT2D eigenvalue weighted by atomic mass is 10.0. The summed E-state index contributed by atoms with van der Waals surface area (Å²) in [5.41, 5.74) is 22.6. The number of aliphatic hydroxyl groups is 1. The highest BCUT2D eigenvalue weighted by molar-refractivity contribution is 8.76. The second-order valence-corrected chi connectivity index (χ2v) is 16.1. The maximum Gasteiger partial charge on any atom is 0.327 e. The molecule has 14 N–H and O–H groups in total. The molecule has 0 spiro atoms. The molecule has 0 unspecified atom stereocenters. The maximum absolute atomic E-state index is 14.1. The van der Waals surface area contributed by atoms with Gasteiger partial charge in [0, 0.05) is 31.1 Å². The number of carbonyl (C=O) groups excluding carboxylic acids is 6. The summed E-state index contributed by atoms with van der Waals surface area (Å²) in [4.78, 5) is 101. The van der Waals surface area contributed by atoms with E-state index in [-0.39, 0.29) is 56.4 Å². The highest BCUT2D eigenvalue weighted by Crippen LogP contribution is 2.27. The largest absolute Gasteiger partial charge is 0.480 e. The van der Waals surface area contributed by atoms with Crippen molar-refractivity contribution in [3.63, 3.8) is 0 Å². The van der Waals surface area contributed by atoms with E-state index in [1.165, 1.54) is 16.7 Å². The molecule has 0 aromatic heterocycles. The van der Waals surface area contributed by atoms with Gasteiger partial charge in [0.05, 0.1) is 12.1 Å². The van der Waals surface area contributed by atoms with Gasteiger partial charge in [0.1, 0.15) is 36.3 Å². The van der Waals surface area contributed by atoms with Gasteiger partial charge in [-0.15, -0.1) is 0 Å². The Balaban J connectivity index is 1.97. The van der Waals surface area contributed by atoms with E-state index in [1.54, 1.807) is 0 Å². The standard InChI is InChI=1S/C32H55N11O9S2/c1-17(44)24-28(48)39-20(7-2-3-11-33)29(49)43-14-6-10-23(43)30(50)42-13-5-9-22(42)27(47)38-19(8-4-12-37-32(35)36)26(46)40-21(31(51)52)16-54-53-15-18(34)25(45)41-24/h17-24,44H,2-16,33-34H2,1H3,(H,38,47)(H,39,48)(H,40,46)(H,41,45)(H,51,52)(H4,35,36,37)/t17-,18-,19-,20+,21+,22+,23+,24-/m1/s1. The number of carbonyl (C=O) groups is 7. The van der Waals surface area contributed by atoms with Crippen molar-refractivity contribution in [2.75, 3.05) is 37.7 Å². The van der Waals surface area contributed by atoms with Gasteiger partial charge in [-0.1, -0.05) is 21.6 Å². The minimum absolute atomic E-state index is 0.0309. The van der Waals surface area contributed by atoms with Crippen molar-refractivity contribution < 1.29 is 43.8 Å². The van der Waals surface area contributed by atoms with Crippen molar-refractivity contribution in [3.8, 4) is 0 Å². The first-order valence-electron chi connectivity index (χ1n) is 18.1. The molecule has 3 rings (SSSR count). The van der Waals surface area contributed by atoms with Crippen LogP contribution in [0.5, 0.6) is 0 Å². The molecule has 3 heterocycles. The van der Waals surface area contributed by atoms with Crippen LogP contribution in [-0.2, 0) is 33.6 Å². The van der Waals surface area contributed by atoms with Crippen LogP contribution in [0.15, 0.2) is 4.99 Å². The van der Waals surface area contributed by atoms with Gasteiger partial charge in [0.15, 0.2) is 5.96 Å². The molecule has 22 heteroatoms. The molecule has 6 amide bonds. The Hall–Kier alpha value is -3.86. The number of nitrogens with two attached hydrogens (primary N) is 4. The molecule has 3 aliphatic heterocycles. The van der Waals surface area contributed by atoms with Gasteiger partial charge in [-0.3, -0.25) is 33.8 Å². The number of rotatable bonds is 10. The van der Waals surface area contributed by atoms with E-state index in [2.05, 4.69) is 26.3 Å². The third kappa shape index (κ3) is 12.9.